The summed E-state index contributed by atoms with van der Waals surface area (Å²) in [4.78, 5) is 16.6. The molecule has 3 heteroatoms. The van der Waals surface area contributed by atoms with E-state index in [9.17, 15) is 4.79 Å². The maximum atomic E-state index is 12.0. The number of hydrogen-bond donors (Lipinski definition) is 0. The number of amides is 1. The standard InChI is InChI=1S/C15H28N2O/c1-8-14(18)17-12(6)9-16(11(4)5)15(10(2)3)13(17)7/h8,10-13,15H,1,9H2,2-7H3. The van der Waals surface area contributed by atoms with E-state index in [1.807, 2.05) is 4.90 Å². The summed E-state index contributed by atoms with van der Waals surface area (Å²) in [7, 11) is 0. The molecule has 0 saturated carbocycles. The van der Waals surface area contributed by atoms with Crippen LogP contribution in [0.1, 0.15) is 41.5 Å². The molecule has 0 aromatic rings. The Morgan fingerprint density at radius 3 is 2.22 bits per heavy atom. The predicted octanol–water partition coefficient (Wildman–Crippen LogP) is 2.53. The van der Waals surface area contributed by atoms with Crippen LogP contribution in [-0.4, -0.2) is 46.4 Å². The first kappa shape index (κ1) is 15.2. The molecule has 1 heterocycles. The molecular weight excluding hydrogens is 224 g/mol. The largest absolute Gasteiger partial charge is 0.331 e. The first-order chi connectivity index (χ1) is 8.31. The molecular formula is C15H28N2O. The van der Waals surface area contributed by atoms with Gasteiger partial charge >= 0.3 is 0 Å². The van der Waals surface area contributed by atoms with Crippen LogP contribution in [0.25, 0.3) is 0 Å². The lowest BCUT2D eigenvalue weighted by Gasteiger charge is -2.52. The van der Waals surface area contributed by atoms with Gasteiger partial charge in [-0.3, -0.25) is 9.69 Å². The van der Waals surface area contributed by atoms with Gasteiger partial charge in [0, 0.05) is 30.7 Å². The number of nitrogens with zero attached hydrogens (tertiary/aromatic N) is 2. The van der Waals surface area contributed by atoms with E-state index in [1.165, 1.54) is 6.08 Å². The molecule has 1 saturated heterocycles. The molecule has 0 N–H and O–H groups in total. The van der Waals surface area contributed by atoms with Crippen molar-refractivity contribution in [1.29, 1.82) is 0 Å². The van der Waals surface area contributed by atoms with Gasteiger partial charge in [0.05, 0.1) is 0 Å². The minimum atomic E-state index is 0.0593. The number of hydrogen-bond acceptors (Lipinski definition) is 2. The topological polar surface area (TPSA) is 23.6 Å². The molecule has 3 nitrogen and oxygen atoms in total. The van der Waals surface area contributed by atoms with Gasteiger partial charge in [-0.25, -0.2) is 0 Å². The van der Waals surface area contributed by atoms with E-state index < -0.39 is 0 Å². The summed E-state index contributed by atoms with van der Waals surface area (Å²) in [5, 5.41) is 0. The third-order valence-electron chi connectivity index (χ3n) is 4.04. The fourth-order valence-corrected chi connectivity index (χ4v) is 3.38. The van der Waals surface area contributed by atoms with Gasteiger partial charge in [0.1, 0.15) is 0 Å². The van der Waals surface area contributed by atoms with E-state index in [1.54, 1.807) is 0 Å². The second-order valence-corrected chi connectivity index (χ2v) is 6.06. The van der Waals surface area contributed by atoms with Gasteiger partial charge in [-0.2, -0.15) is 0 Å². The quantitative estimate of drug-likeness (QED) is 0.721. The second kappa shape index (κ2) is 5.87. The molecule has 0 bridgehead atoms. The molecule has 1 fully saturated rings. The molecule has 0 aromatic heterocycles. The predicted molar refractivity (Wildman–Crippen MR) is 76.4 cm³/mol. The molecule has 0 aromatic carbocycles. The highest BCUT2D eigenvalue weighted by Gasteiger charge is 2.41. The molecule has 0 spiro atoms. The summed E-state index contributed by atoms with van der Waals surface area (Å²) in [6, 6.07) is 1.43. The van der Waals surface area contributed by atoms with Crippen LogP contribution in [0.2, 0.25) is 0 Å². The van der Waals surface area contributed by atoms with Crippen LogP contribution < -0.4 is 0 Å². The molecule has 3 unspecified atom stereocenters. The van der Waals surface area contributed by atoms with Crippen LogP contribution in [0.4, 0.5) is 0 Å². The smallest absolute Gasteiger partial charge is 0.246 e. The van der Waals surface area contributed by atoms with Crippen LogP contribution in [0.3, 0.4) is 0 Å². The van der Waals surface area contributed by atoms with Crippen molar-refractivity contribution < 1.29 is 4.79 Å². The number of piperazine rings is 1. The van der Waals surface area contributed by atoms with Crippen molar-refractivity contribution in [3.63, 3.8) is 0 Å². The molecule has 3 atom stereocenters. The first-order valence-corrected chi connectivity index (χ1v) is 7.01. The van der Waals surface area contributed by atoms with E-state index in [0.29, 0.717) is 18.0 Å². The molecule has 0 radical (unpaired) electrons. The zero-order valence-corrected chi connectivity index (χ0v) is 12.7. The van der Waals surface area contributed by atoms with E-state index in [-0.39, 0.29) is 18.0 Å². The normalized spacial score (nSPS) is 30.0. The van der Waals surface area contributed by atoms with Crippen LogP contribution in [0.15, 0.2) is 12.7 Å². The minimum absolute atomic E-state index is 0.0593. The zero-order chi connectivity index (χ0) is 14.0. The summed E-state index contributed by atoms with van der Waals surface area (Å²) >= 11 is 0. The van der Waals surface area contributed by atoms with E-state index >= 15 is 0 Å². The van der Waals surface area contributed by atoms with Crippen molar-refractivity contribution in [3.05, 3.63) is 12.7 Å². The minimum Gasteiger partial charge on any atom is -0.331 e. The van der Waals surface area contributed by atoms with E-state index in [4.69, 9.17) is 0 Å². The Balaban J connectivity index is 3.03. The average molecular weight is 252 g/mol. The molecule has 104 valence electrons. The molecule has 1 amide bonds. The third kappa shape index (κ3) is 2.77. The molecule has 1 aliphatic heterocycles. The van der Waals surface area contributed by atoms with Gasteiger partial charge in [0.15, 0.2) is 0 Å². The summed E-state index contributed by atoms with van der Waals surface area (Å²) in [5.74, 6) is 0.596. The Bertz CT molecular complexity index is 312. The van der Waals surface area contributed by atoms with E-state index in [2.05, 4.69) is 53.0 Å². The Hall–Kier alpha value is -0.830. The Kier molecular flexibility index (Phi) is 4.97. The SMILES string of the molecule is C=CC(=O)N1C(C)CN(C(C)C)C(C(C)C)C1C. The average Bonchev–Trinajstić information content (AvgIpc) is 2.26. The van der Waals surface area contributed by atoms with Crippen molar-refractivity contribution in [2.75, 3.05) is 6.54 Å². The molecule has 0 aliphatic carbocycles. The van der Waals surface area contributed by atoms with Crippen LogP contribution in [0, 0.1) is 5.92 Å². The summed E-state index contributed by atoms with van der Waals surface area (Å²) in [5.41, 5.74) is 0. The fourth-order valence-electron chi connectivity index (χ4n) is 3.38. The number of carbonyl (C=O) groups is 1. The highest BCUT2D eigenvalue weighted by atomic mass is 16.2. The highest BCUT2D eigenvalue weighted by molar-refractivity contribution is 5.87. The molecule has 1 rings (SSSR count). The van der Waals surface area contributed by atoms with Crippen molar-refractivity contribution in [1.82, 2.24) is 9.80 Å². The summed E-state index contributed by atoms with van der Waals surface area (Å²) < 4.78 is 0. The maximum Gasteiger partial charge on any atom is 0.246 e. The van der Waals surface area contributed by atoms with Gasteiger partial charge in [0.25, 0.3) is 0 Å². The lowest BCUT2D eigenvalue weighted by Crippen LogP contribution is -2.66. The second-order valence-electron chi connectivity index (χ2n) is 6.06. The first-order valence-electron chi connectivity index (χ1n) is 7.01. The van der Waals surface area contributed by atoms with Crippen molar-refractivity contribution >= 4 is 5.91 Å². The number of carbonyl (C=O) groups excluding carboxylic acids is 1. The Labute approximate surface area is 112 Å². The van der Waals surface area contributed by atoms with Gasteiger partial charge in [-0.1, -0.05) is 20.4 Å². The number of rotatable bonds is 3. The van der Waals surface area contributed by atoms with Crippen LogP contribution in [-0.2, 0) is 4.79 Å². The van der Waals surface area contributed by atoms with Crippen molar-refractivity contribution in [3.8, 4) is 0 Å². The van der Waals surface area contributed by atoms with Gasteiger partial charge in [-0.05, 0) is 39.7 Å². The van der Waals surface area contributed by atoms with E-state index in [0.717, 1.165) is 6.54 Å². The lowest BCUT2D eigenvalue weighted by atomic mass is 9.89. The van der Waals surface area contributed by atoms with Gasteiger partial charge in [0.2, 0.25) is 5.91 Å². The van der Waals surface area contributed by atoms with Crippen molar-refractivity contribution in [2.45, 2.75) is 65.7 Å². The maximum absolute atomic E-state index is 12.0. The highest BCUT2D eigenvalue weighted by Crippen LogP contribution is 2.28. The summed E-state index contributed by atoms with van der Waals surface area (Å²) in [6.45, 7) is 17.8. The third-order valence-corrected chi connectivity index (χ3v) is 4.04. The Morgan fingerprint density at radius 2 is 1.83 bits per heavy atom. The molecule has 18 heavy (non-hydrogen) atoms. The van der Waals surface area contributed by atoms with Crippen molar-refractivity contribution in [2.24, 2.45) is 5.92 Å². The van der Waals surface area contributed by atoms with Crippen LogP contribution >= 0.6 is 0 Å². The Morgan fingerprint density at radius 1 is 1.28 bits per heavy atom. The fraction of sp³-hybridized carbons (Fsp3) is 0.800. The molecule has 1 aliphatic rings. The van der Waals surface area contributed by atoms with Crippen LogP contribution in [0.5, 0.6) is 0 Å². The van der Waals surface area contributed by atoms with Gasteiger partial charge < -0.3 is 4.90 Å². The lowest BCUT2D eigenvalue weighted by molar-refractivity contribution is -0.138. The zero-order valence-electron chi connectivity index (χ0n) is 12.7. The van der Waals surface area contributed by atoms with Gasteiger partial charge in [-0.15, -0.1) is 0 Å². The summed E-state index contributed by atoms with van der Waals surface area (Å²) in [6.07, 6.45) is 1.44. The monoisotopic (exact) mass is 252 g/mol.